The molecule has 0 radical (unpaired) electrons. The predicted octanol–water partition coefficient (Wildman–Crippen LogP) is 5.48. The van der Waals surface area contributed by atoms with E-state index in [1.807, 2.05) is 13.0 Å². The van der Waals surface area contributed by atoms with Gasteiger partial charge < -0.3 is 14.8 Å². The third kappa shape index (κ3) is 5.84. The van der Waals surface area contributed by atoms with E-state index >= 15 is 0 Å². The first-order valence-electron chi connectivity index (χ1n) is 10.3. The zero-order valence-corrected chi connectivity index (χ0v) is 20.7. The Balaban J connectivity index is 1.78. The zero-order valence-electron chi connectivity index (χ0n) is 17.5. The van der Waals surface area contributed by atoms with Gasteiger partial charge in [-0.15, -0.1) is 11.3 Å². The molecule has 0 unspecified atom stereocenters. The van der Waals surface area contributed by atoms with Crippen molar-refractivity contribution in [3.05, 3.63) is 44.2 Å². The minimum atomic E-state index is -0.385. The highest BCUT2D eigenvalue weighted by atomic mass is 79.9. The number of hydrogen-bond acceptors (Lipinski definition) is 6. The number of hydrogen-bond donors (Lipinski definition) is 2. The molecule has 31 heavy (non-hydrogen) atoms. The maximum atomic E-state index is 12.9. The number of nitrogens with one attached hydrogen (secondary N) is 2. The summed E-state index contributed by atoms with van der Waals surface area (Å²) in [5, 5.41) is 6.49. The van der Waals surface area contributed by atoms with Crippen molar-refractivity contribution in [3.8, 4) is 5.75 Å². The fourth-order valence-electron chi connectivity index (χ4n) is 3.40. The summed E-state index contributed by atoms with van der Waals surface area (Å²) in [6.45, 7) is 4.59. The molecule has 0 saturated carbocycles. The molecule has 0 spiro atoms. The monoisotopic (exact) mass is 524 g/mol. The molecule has 166 valence electrons. The minimum Gasteiger partial charge on any atom is -0.493 e. The van der Waals surface area contributed by atoms with Crippen molar-refractivity contribution in [1.29, 1.82) is 0 Å². The lowest BCUT2D eigenvalue weighted by molar-refractivity contribution is 0.0526. The first-order chi connectivity index (χ1) is 14.9. The van der Waals surface area contributed by atoms with Crippen LogP contribution in [0.25, 0.3) is 0 Å². The Morgan fingerprint density at radius 2 is 2.00 bits per heavy atom. The van der Waals surface area contributed by atoms with Gasteiger partial charge >= 0.3 is 5.97 Å². The summed E-state index contributed by atoms with van der Waals surface area (Å²) < 4.78 is 11.7. The van der Waals surface area contributed by atoms with Gasteiger partial charge in [-0.25, -0.2) is 4.79 Å². The van der Waals surface area contributed by atoms with Crippen molar-refractivity contribution < 1.29 is 19.1 Å². The molecule has 1 aliphatic rings. The number of thiophene rings is 1. The van der Waals surface area contributed by atoms with Gasteiger partial charge in [0.05, 0.1) is 24.3 Å². The molecule has 0 fully saturated rings. The quantitative estimate of drug-likeness (QED) is 0.368. The van der Waals surface area contributed by atoms with E-state index in [4.69, 9.17) is 21.7 Å². The summed E-state index contributed by atoms with van der Waals surface area (Å²) in [5.41, 5.74) is 1.95. The van der Waals surface area contributed by atoms with Crippen LogP contribution in [-0.2, 0) is 17.6 Å². The Morgan fingerprint density at radius 1 is 1.23 bits per heavy atom. The van der Waals surface area contributed by atoms with Gasteiger partial charge in [0.15, 0.2) is 5.11 Å². The molecule has 6 nitrogen and oxygen atoms in total. The van der Waals surface area contributed by atoms with Gasteiger partial charge in [-0.1, -0.05) is 22.9 Å². The molecule has 2 N–H and O–H groups in total. The Labute approximate surface area is 199 Å². The van der Waals surface area contributed by atoms with Gasteiger partial charge in [-0.3, -0.25) is 10.1 Å². The third-order valence-corrected chi connectivity index (χ3v) is 6.66. The molecule has 1 aromatic heterocycles. The third-order valence-electron chi connectivity index (χ3n) is 4.75. The Morgan fingerprint density at radius 3 is 2.74 bits per heavy atom. The lowest BCUT2D eigenvalue weighted by Crippen LogP contribution is -2.34. The maximum Gasteiger partial charge on any atom is 0.341 e. The lowest BCUT2D eigenvalue weighted by Gasteiger charge is -2.14. The molecule has 0 saturated heterocycles. The van der Waals surface area contributed by atoms with E-state index in [1.165, 1.54) is 16.2 Å². The molecule has 0 bridgehead atoms. The topological polar surface area (TPSA) is 76.7 Å². The van der Waals surface area contributed by atoms with Crippen molar-refractivity contribution >= 4 is 61.5 Å². The number of esters is 1. The summed E-state index contributed by atoms with van der Waals surface area (Å²) >= 11 is 10.3. The van der Waals surface area contributed by atoms with Crippen molar-refractivity contribution in [2.75, 3.05) is 18.5 Å². The molecule has 1 amide bonds. The molecule has 2 aromatic rings. The number of halogens is 1. The van der Waals surface area contributed by atoms with Crippen LogP contribution < -0.4 is 15.4 Å². The van der Waals surface area contributed by atoms with Gasteiger partial charge in [0, 0.05) is 9.35 Å². The molecule has 9 heteroatoms. The van der Waals surface area contributed by atoms with Gasteiger partial charge in [-0.2, -0.15) is 0 Å². The smallest absolute Gasteiger partial charge is 0.341 e. The van der Waals surface area contributed by atoms with E-state index in [1.54, 1.807) is 19.1 Å². The van der Waals surface area contributed by atoms with Gasteiger partial charge in [-0.05, 0) is 75.0 Å². The highest BCUT2D eigenvalue weighted by molar-refractivity contribution is 9.10. The van der Waals surface area contributed by atoms with E-state index in [-0.39, 0.29) is 17.0 Å². The second-order valence-electron chi connectivity index (χ2n) is 7.03. The molecule has 1 aromatic carbocycles. The summed E-state index contributed by atoms with van der Waals surface area (Å²) in [4.78, 5) is 26.6. The second-order valence-corrected chi connectivity index (χ2v) is 9.46. The van der Waals surface area contributed by atoms with Crippen LogP contribution in [0, 0.1) is 0 Å². The lowest BCUT2D eigenvalue weighted by atomic mass is 9.95. The van der Waals surface area contributed by atoms with Gasteiger partial charge in [0.25, 0.3) is 5.91 Å². The standard InChI is InChI=1S/C22H25BrN2O4S2/c1-3-11-29-16-10-9-13(23)12-15(16)19(26)24-22(30)25-20-18(21(27)28-4-2)14-7-5-6-8-17(14)31-20/h9-10,12H,3-8,11H2,1-2H3,(H2,24,25,26,30). The van der Waals surface area contributed by atoms with Crippen LogP contribution in [0.5, 0.6) is 5.75 Å². The number of fused-ring (bicyclic) bond motifs is 1. The van der Waals surface area contributed by atoms with Crippen molar-refractivity contribution in [2.24, 2.45) is 0 Å². The molecule has 1 aliphatic carbocycles. The second kappa shape index (κ2) is 11.1. The average molecular weight is 525 g/mol. The van der Waals surface area contributed by atoms with E-state index in [0.29, 0.717) is 35.1 Å². The molecule has 3 rings (SSSR count). The summed E-state index contributed by atoms with van der Waals surface area (Å²) in [7, 11) is 0. The van der Waals surface area contributed by atoms with Gasteiger partial charge in [0.2, 0.25) is 0 Å². The number of thiocarbonyl (C=S) groups is 1. The number of ether oxygens (including phenoxy) is 2. The van der Waals surface area contributed by atoms with E-state index in [9.17, 15) is 9.59 Å². The van der Waals surface area contributed by atoms with E-state index < -0.39 is 0 Å². The minimum absolute atomic E-state index is 0.121. The van der Waals surface area contributed by atoms with Crippen molar-refractivity contribution in [1.82, 2.24) is 5.32 Å². The fourth-order valence-corrected chi connectivity index (χ4v) is 5.30. The maximum absolute atomic E-state index is 12.9. The normalized spacial score (nSPS) is 12.6. The molecule has 1 heterocycles. The fraction of sp³-hybridized carbons (Fsp3) is 0.409. The molecule has 0 aliphatic heterocycles. The Kier molecular flexibility index (Phi) is 8.45. The number of carbonyl (C=O) groups is 2. The SMILES string of the molecule is CCCOc1ccc(Br)cc1C(=O)NC(=S)Nc1sc2c(c1C(=O)OCC)CCCC2. The average Bonchev–Trinajstić information content (AvgIpc) is 3.10. The number of rotatable bonds is 7. The predicted molar refractivity (Wildman–Crippen MR) is 131 cm³/mol. The number of anilines is 1. The van der Waals surface area contributed by atoms with Crippen LogP contribution in [-0.4, -0.2) is 30.2 Å². The largest absolute Gasteiger partial charge is 0.493 e. The molecular formula is C22H25BrN2O4S2. The van der Waals surface area contributed by atoms with E-state index in [2.05, 4.69) is 26.6 Å². The Hall–Kier alpha value is -1.97. The number of aryl methyl sites for hydroxylation is 1. The highest BCUT2D eigenvalue weighted by Gasteiger charge is 2.27. The van der Waals surface area contributed by atoms with Crippen LogP contribution in [0.15, 0.2) is 22.7 Å². The summed E-state index contributed by atoms with van der Waals surface area (Å²) in [6, 6.07) is 5.26. The van der Waals surface area contributed by atoms with Crippen molar-refractivity contribution in [3.63, 3.8) is 0 Å². The summed E-state index contributed by atoms with van der Waals surface area (Å²) in [6.07, 6.45) is 4.75. The molecule has 0 atom stereocenters. The first kappa shape index (κ1) is 23.7. The van der Waals surface area contributed by atoms with Gasteiger partial charge in [0.1, 0.15) is 10.8 Å². The molecular weight excluding hydrogens is 500 g/mol. The van der Waals surface area contributed by atoms with Crippen LogP contribution in [0.2, 0.25) is 0 Å². The van der Waals surface area contributed by atoms with Crippen LogP contribution in [0.4, 0.5) is 5.00 Å². The van der Waals surface area contributed by atoms with Crippen LogP contribution in [0.1, 0.15) is 64.3 Å². The van der Waals surface area contributed by atoms with Crippen molar-refractivity contribution in [2.45, 2.75) is 46.0 Å². The van der Waals surface area contributed by atoms with Crippen LogP contribution >= 0.6 is 39.5 Å². The highest BCUT2D eigenvalue weighted by Crippen LogP contribution is 2.38. The Bertz CT molecular complexity index is 990. The van der Waals surface area contributed by atoms with Crippen LogP contribution in [0.3, 0.4) is 0 Å². The number of carbonyl (C=O) groups excluding carboxylic acids is 2. The number of benzene rings is 1. The van der Waals surface area contributed by atoms with E-state index in [0.717, 1.165) is 42.1 Å². The summed E-state index contributed by atoms with van der Waals surface area (Å²) in [5.74, 6) is -0.256. The zero-order chi connectivity index (χ0) is 22.4. The number of amides is 1. The first-order valence-corrected chi connectivity index (χ1v) is 12.3.